The van der Waals surface area contributed by atoms with Gasteiger partial charge in [0.05, 0.1) is 0 Å². The number of carbonyl (C=O) groups excluding carboxylic acids is 1. The Hall–Kier alpha value is -1.37. The van der Waals surface area contributed by atoms with Crippen LogP contribution < -0.4 is 0 Å². The van der Waals surface area contributed by atoms with Crippen molar-refractivity contribution in [1.29, 1.82) is 0 Å². The van der Waals surface area contributed by atoms with Gasteiger partial charge in [0.2, 0.25) is 0 Å². The Labute approximate surface area is 97.2 Å². The average Bonchev–Trinajstić information content (AvgIpc) is 2.33. The third-order valence-corrected chi connectivity index (χ3v) is 3.21. The van der Waals surface area contributed by atoms with Crippen LogP contribution in [-0.4, -0.2) is 5.78 Å². The SMILES string of the molecule is O=C1CCCCC1CC=Cc1ccccc1. The average molecular weight is 214 g/mol. The van der Waals surface area contributed by atoms with Crippen molar-refractivity contribution in [1.82, 2.24) is 0 Å². The summed E-state index contributed by atoms with van der Waals surface area (Å²) in [7, 11) is 0. The number of carbonyl (C=O) groups is 1. The summed E-state index contributed by atoms with van der Waals surface area (Å²) >= 11 is 0. The number of hydrogen-bond donors (Lipinski definition) is 0. The van der Waals surface area contributed by atoms with E-state index >= 15 is 0 Å². The maximum absolute atomic E-state index is 11.6. The molecule has 1 unspecified atom stereocenters. The molecule has 1 saturated carbocycles. The van der Waals surface area contributed by atoms with E-state index in [0.29, 0.717) is 5.78 Å². The summed E-state index contributed by atoms with van der Waals surface area (Å²) in [5.74, 6) is 0.748. The van der Waals surface area contributed by atoms with Gasteiger partial charge < -0.3 is 0 Å². The molecule has 0 bridgehead atoms. The van der Waals surface area contributed by atoms with Crippen molar-refractivity contribution < 1.29 is 4.79 Å². The van der Waals surface area contributed by atoms with E-state index in [-0.39, 0.29) is 5.92 Å². The van der Waals surface area contributed by atoms with E-state index in [1.54, 1.807) is 0 Å². The maximum Gasteiger partial charge on any atom is 0.136 e. The Morgan fingerprint density at radius 2 is 2.00 bits per heavy atom. The highest BCUT2D eigenvalue weighted by Gasteiger charge is 2.20. The number of Topliss-reactive ketones (excluding diaryl/α,β-unsaturated/α-hetero) is 1. The fraction of sp³-hybridized carbons (Fsp3) is 0.400. The summed E-state index contributed by atoms with van der Waals surface area (Å²) in [4.78, 5) is 11.6. The Bertz CT molecular complexity index is 364. The molecule has 1 nitrogen and oxygen atoms in total. The fourth-order valence-corrected chi connectivity index (χ4v) is 2.24. The minimum absolute atomic E-state index is 0.286. The van der Waals surface area contributed by atoms with Crippen molar-refractivity contribution in [2.75, 3.05) is 0 Å². The van der Waals surface area contributed by atoms with Crippen LogP contribution in [0.5, 0.6) is 0 Å². The predicted octanol–water partition coefficient (Wildman–Crippen LogP) is 3.85. The molecular formula is C15H18O. The van der Waals surface area contributed by atoms with E-state index in [1.165, 1.54) is 12.0 Å². The van der Waals surface area contributed by atoms with E-state index in [1.807, 2.05) is 18.2 Å². The van der Waals surface area contributed by atoms with Crippen LogP contribution in [0.1, 0.15) is 37.7 Å². The van der Waals surface area contributed by atoms with Crippen molar-refractivity contribution >= 4 is 11.9 Å². The molecule has 1 aromatic carbocycles. The lowest BCUT2D eigenvalue weighted by Gasteiger charge is -2.18. The van der Waals surface area contributed by atoms with Crippen LogP contribution in [0.25, 0.3) is 6.08 Å². The second-order valence-electron chi connectivity index (χ2n) is 4.46. The lowest BCUT2D eigenvalue weighted by molar-refractivity contribution is -0.124. The van der Waals surface area contributed by atoms with Gasteiger partial charge in [0.25, 0.3) is 0 Å². The van der Waals surface area contributed by atoms with Crippen molar-refractivity contribution in [2.45, 2.75) is 32.1 Å². The van der Waals surface area contributed by atoms with Crippen LogP contribution in [0.15, 0.2) is 36.4 Å². The quantitative estimate of drug-likeness (QED) is 0.747. The van der Waals surface area contributed by atoms with Gasteiger partial charge in [-0.15, -0.1) is 0 Å². The molecule has 0 amide bonds. The van der Waals surface area contributed by atoms with Crippen molar-refractivity contribution in [3.63, 3.8) is 0 Å². The first kappa shape index (κ1) is 11.1. The topological polar surface area (TPSA) is 17.1 Å². The standard InChI is InChI=1S/C15H18O/c16-15-12-5-4-10-14(15)11-6-9-13-7-2-1-3-8-13/h1-3,6-9,14H,4-5,10-12H2. The van der Waals surface area contributed by atoms with Crippen LogP contribution in [0.2, 0.25) is 0 Å². The zero-order chi connectivity index (χ0) is 11.2. The van der Waals surface area contributed by atoms with E-state index in [4.69, 9.17) is 0 Å². The van der Waals surface area contributed by atoms with Gasteiger partial charge in [-0.1, -0.05) is 48.9 Å². The van der Waals surface area contributed by atoms with Gasteiger partial charge in [-0.3, -0.25) is 4.79 Å². The minimum atomic E-state index is 0.286. The molecule has 1 aliphatic carbocycles. The molecule has 2 rings (SSSR count). The van der Waals surface area contributed by atoms with Crippen LogP contribution in [0.4, 0.5) is 0 Å². The zero-order valence-corrected chi connectivity index (χ0v) is 9.56. The molecule has 0 aromatic heterocycles. The van der Waals surface area contributed by atoms with Crippen molar-refractivity contribution in [3.05, 3.63) is 42.0 Å². The number of benzene rings is 1. The summed E-state index contributed by atoms with van der Waals surface area (Å²) in [5, 5.41) is 0. The Balaban J connectivity index is 1.87. The van der Waals surface area contributed by atoms with Gasteiger partial charge in [-0.2, -0.15) is 0 Å². The summed E-state index contributed by atoms with van der Waals surface area (Å²) in [6.07, 6.45) is 9.36. The van der Waals surface area contributed by atoms with Crippen LogP contribution >= 0.6 is 0 Å². The van der Waals surface area contributed by atoms with E-state index in [2.05, 4.69) is 24.3 Å². The monoisotopic (exact) mass is 214 g/mol. The first-order chi connectivity index (χ1) is 7.86. The van der Waals surface area contributed by atoms with Crippen molar-refractivity contribution in [2.24, 2.45) is 5.92 Å². The van der Waals surface area contributed by atoms with Gasteiger partial charge in [0, 0.05) is 12.3 Å². The number of hydrogen-bond acceptors (Lipinski definition) is 1. The molecule has 16 heavy (non-hydrogen) atoms. The summed E-state index contributed by atoms with van der Waals surface area (Å²) in [6, 6.07) is 10.2. The predicted molar refractivity (Wildman–Crippen MR) is 67.1 cm³/mol. The molecule has 1 heteroatoms. The van der Waals surface area contributed by atoms with Gasteiger partial charge >= 0.3 is 0 Å². The largest absolute Gasteiger partial charge is 0.299 e. The molecule has 1 fully saturated rings. The number of rotatable bonds is 3. The van der Waals surface area contributed by atoms with Gasteiger partial charge in [0.15, 0.2) is 0 Å². The van der Waals surface area contributed by atoms with Crippen LogP contribution in [0, 0.1) is 5.92 Å². The van der Waals surface area contributed by atoms with E-state index < -0.39 is 0 Å². The number of allylic oxidation sites excluding steroid dienone is 1. The third kappa shape index (κ3) is 3.06. The molecule has 0 aliphatic heterocycles. The molecule has 1 aromatic rings. The lowest BCUT2D eigenvalue weighted by Crippen LogP contribution is -2.17. The molecule has 1 atom stereocenters. The summed E-state index contributed by atoms with van der Waals surface area (Å²) in [5.41, 5.74) is 1.21. The Kier molecular flexibility index (Phi) is 3.92. The molecule has 84 valence electrons. The molecule has 0 spiro atoms. The Morgan fingerprint density at radius 3 is 2.75 bits per heavy atom. The molecule has 0 saturated heterocycles. The number of ketones is 1. The highest BCUT2D eigenvalue weighted by molar-refractivity contribution is 5.81. The van der Waals surface area contributed by atoms with Gasteiger partial charge in [-0.05, 0) is 24.8 Å². The van der Waals surface area contributed by atoms with E-state index in [0.717, 1.165) is 25.7 Å². The highest BCUT2D eigenvalue weighted by atomic mass is 16.1. The smallest absolute Gasteiger partial charge is 0.136 e. The van der Waals surface area contributed by atoms with Gasteiger partial charge in [-0.25, -0.2) is 0 Å². The molecule has 0 radical (unpaired) electrons. The molecular weight excluding hydrogens is 196 g/mol. The lowest BCUT2D eigenvalue weighted by atomic mass is 9.85. The van der Waals surface area contributed by atoms with Crippen molar-refractivity contribution in [3.8, 4) is 0 Å². The second kappa shape index (κ2) is 5.64. The highest BCUT2D eigenvalue weighted by Crippen LogP contribution is 2.23. The zero-order valence-electron chi connectivity index (χ0n) is 9.56. The maximum atomic E-state index is 11.6. The normalized spacial score (nSPS) is 21.5. The van der Waals surface area contributed by atoms with Crippen LogP contribution in [0.3, 0.4) is 0 Å². The first-order valence-corrected chi connectivity index (χ1v) is 6.10. The minimum Gasteiger partial charge on any atom is -0.299 e. The van der Waals surface area contributed by atoms with E-state index in [9.17, 15) is 4.79 Å². The second-order valence-corrected chi connectivity index (χ2v) is 4.46. The Morgan fingerprint density at radius 1 is 1.19 bits per heavy atom. The summed E-state index contributed by atoms with van der Waals surface area (Å²) in [6.45, 7) is 0. The molecule has 0 heterocycles. The summed E-state index contributed by atoms with van der Waals surface area (Å²) < 4.78 is 0. The van der Waals surface area contributed by atoms with Crippen LogP contribution in [-0.2, 0) is 4.79 Å². The van der Waals surface area contributed by atoms with Gasteiger partial charge in [0.1, 0.15) is 5.78 Å². The molecule has 1 aliphatic rings. The third-order valence-electron chi connectivity index (χ3n) is 3.21. The molecule has 0 N–H and O–H groups in total. The fourth-order valence-electron chi connectivity index (χ4n) is 2.24. The first-order valence-electron chi connectivity index (χ1n) is 6.10.